The summed E-state index contributed by atoms with van der Waals surface area (Å²) in [6, 6.07) is 9.27. The highest BCUT2D eigenvalue weighted by molar-refractivity contribution is 5.85. The number of hydrogen-bond donors (Lipinski definition) is 2. The summed E-state index contributed by atoms with van der Waals surface area (Å²) >= 11 is 0. The number of anilines is 1. The molecule has 0 bridgehead atoms. The number of nitrogens with zero attached hydrogens (tertiary/aromatic N) is 1. The van der Waals surface area contributed by atoms with E-state index in [9.17, 15) is 9.18 Å². The maximum absolute atomic E-state index is 13.6. The minimum atomic E-state index is -1.08. The zero-order valence-electron chi connectivity index (χ0n) is 10.3. The number of hydrogen-bond acceptors (Lipinski definition) is 3. The molecule has 2 rings (SSSR count). The predicted molar refractivity (Wildman–Crippen MR) is 69.6 cm³/mol. The molecule has 1 aromatic heterocycles. The number of pyridine rings is 1. The Hall–Kier alpha value is -2.43. The molecule has 0 aliphatic carbocycles. The maximum Gasteiger partial charge on any atom is 0.354 e. The Labute approximate surface area is 109 Å². The van der Waals surface area contributed by atoms with Gasteiger partial charge in [-0.25, -0.2) is 14.2 Å². The molecule has 0 fully saturated rings. The quantitative estimate of drug-likeness (QED) is 0.886. The molecular formula is C14H13FN2O2. The van der Waals surface area contributed by atoms with Crippen molar-refractivity contribution in [1.29, 1.82) is 0 Å². The van der Waals surface area contributed by atoms with Crippen LogP contribution >= 0.6 is 0 Å². The van der Waals surface area contributed by atoms with Crippen molar-refractivity contribution >= 4 is 11.7 Å². The van der Waals surface area contributed by atoms with Crippen LogP contribution in [0.4, 0.5) is 10.1 Å². The molecule has 0 saturated carbocycles. The first kappa shape index (κ1) is 13.0. The van der Waals surface area contributed by atoms with Gasteiger partial charge in [0.1, 0.15) is 11.5 Å². The summed E-state index contributed by atoms with van der Waals surface area (Å²) in [7, 11) is 0. The third-order valence-corrected chi connectivity index (χ3v) is 2.74. The molecular weight excluding hydrogens is 247 g/mol. The van der Waals surface area contributed by atoms with E-state index in [0.29, 0.717) is 11.3 Å². The van der Waals surface area contributed by atoms with E-state index in [1.54, 1.807) is 24.3 Å². The van der Waals surface area contributed by atoms with Crippen molar-refractivity contribution in [3.05, 3.63) is 59.7 Å². The van der Waals surface area contributed by atoms with E-state index in [-0.39, 0.29) is 17.6 Å². The SMILES string of the molecule is CC(Nc1ccc(C(=O)O)nc1)c1ccccc1F. The van der Waals surface area contributed by atoms with Crippen LogP contribution in [0.15, 0.2) is 42.6 Å². The number of carboxylic acid groups (broad SMARTS) is 1. The summed E-state index contributed by atoms with van der Waals surface area (Å²) in [4.78, 5) is 14.5. The van der Waals surface area contributed by atoms with Crippen molar-refractivity contribution in [3.63, 3.8) is 0 Å². The highest BCUT2D eigenvalue weighted by Gasteiger charge is 2.10. The minimum absolute atomic E-state index is 0.0240. The van der Waals surface area contributed by atoms with Crippen molar-refractivity contribution in [2.75, 3.05) is 5.32 Å². The summed E-state index contributed by atoms with van der Waals surface area (Å²) in [5.74, 6) is -1.36. The average Bonchev–Trinajstić information content (AvgIpc) is 2.39. The van der Waals surface area contributed by atoms with Crippen LogP contribution in [0.25, 0.3) is 0 Å². The number of carbonyl (C=O) groups is 1. The molecule has 1 heterocycles. The molecule has 5 heteroatoms. The van der Waals surface area contributed by atoms with E-state index in [4.69, 9.17) is 5.11 Å². The molecule has 1 atom stereocenters. The van der Waals surface area contributed by atoms with Gasteiger partial charge < -0.3 is 10.4 Å². The van der Waals surface area contributed by atoms with Gasteiger partial charge in [-0.15, -0.1) is 0 Å². The van der Waals surface area contributed by atoms with E-state index in [2.05, 4.69) is 10.3 Å². The van der Waals surface area contributed by atoms with Gasteiger partial charge in [0.05, 0.1) is 17.9 Å². The van der Waals surface area contributed by atoms with Crippen LogP contribution in [-0.2, 0) is 0 Å². The molecule has 0 saturated heterocycles. The highest BCUT2D eigenvalue weighted by Crippen LogP contribution is 2.21. The van der Waals surface area contributed by atoms with Crippen molar-refractivity contribution in [2.45, 2.75) is 13.0 Å². The zero-order valence-corrected chi connectivity index (χ0v) is 10.3. The van der Waals surface area contributed by atoms with Crippen molar-refractivity contribution in [3.8, 4) is 0 Å². The van der Waals surface area contributed by atoms with Crippen LogP contribution in [0.1, 0.15) is 29.0 Å². The van der Waals surface area contributed by atoms with E-state index in [0.717, 1.165) is 0 Å². The fourth-order valence-corrected chi connectivity index (χ4v) is 1.76. The van der Waals surface area contributed by atoms with Gasteiger partial charge >= 0.3 is 5.97 Å². The number of aromatic carboxylic acids is 1. The second kappa shape index (κ2) is 5.48. The Bertz CT molecular complexity index is 584. The topological polar surface area (TPSA) is 62.2 Å². The lowest BCUT2D eigenvalue weighted by Crippen LogP contribution is -2.09. The van der Waals surface area contributed by atoms with Crippen LogP contribution < -0.4 is 5.32 Å². The first-order valence-electron chi connectivity index (χ1n) is 5.78. The third kappa shape index (κ3) is 3.07. The van der Waals surface area contributed by atoms with Gasteiger partial charge in [-0.2, -0.15) is 0 Å². The summed E-state index contributed by atoms with van der Waals surface area (Å²) in [6.07, 6.45) is 1.42. The number of rotatable bonds is 4. The largest absolute Gasteiger partial charge is 0.477 e. The Kier molecular flexibility index (Phi) is 3.75. The van der Waals surface area contributed by atoms with Gasteiger partial charge in [-0.05, 0) is 25.1 Å². The Morgan fingerprint density at radius 3 is 2.63 bits per heavy atom. The van der Waals surface area contributed by atoms with E-state index >= 15 is 0 Å². The summed E-state index contributed by atoms with van der Waals surface area (Å²) < 4.78 is 13.6. The predicted octanol–water partition coefficient (Wildman–Crippen LogP) is 3.09. The third-order valence-electron chi connectivity index (χ3n) is 2.74. The van der Waals surface area contributed by atoms with Gasteiger partial charge in [0.25, 0.3) is 0 Å². The van der Waals surface area contributed by atoms with Gasteiger partial charge in [-0.1, -0.05) is 18.2 Å². The Balaban J connectivity index is 2.13. The van der Waals surface area contributed by atoms with Crippen LogP contribution in [-0.4, -0.2) is 16.1 Å². The van der Waals surface area contributed by atoms with Gasteiger partial charge in [0, 0.05) is 5.56 Å². The van der Waals surface area contributed by atoms with E-state index in [1.165, 1.54) is 18.3 Å². The normalized spacial score (nSPS) is 11.9. The lowest BCUT2D eigenvalue weighted by molar-refractivity contribution is 0.0690. The molecule has 1 unspecified atom stereocenters. The highest BCUT2D eigenvalue weighted by atomic mass is 19.1. The standard InChI is InChI=1S/C14H13FN2O2/c1-9(11-4-2-3-5-12(11)15)17-10-6-7-13(14(18)19)16-8-10/h2-9,17H,1H3,(H,18,19). The number of benzene rings is 1. The van der Waals surface area contributed by atoms with Crippen LogP contribution in [0.5, 0.6) is 0 Å². The lowest BCUT2D eigenvalue weighted by Gasteiger charge is -2.16. The monoisotopic (exact) mass is 260 g/mol. The molecule has 4 nitrogen and oxygen atoms in total. The molecule has 2 N–H and O–H groups in total. The van der Waals surface area contributed by atoms with E-state index < -0.39 is 5.97 Å². The summed E-state index contributed by atoms with van der Waals surface area (Å²) in [5, 5.41) is 11.8. The molecule has 19 heavy (non-hydrogen) atoms. The number of halogens is 1. The van der Waals surface area contributed by atoms with Crippen LogP contribution in [0.3, 0.4) is 0 Å². The Morgan fingerprint density at radius 1 is 1.32 bits per heavy atom. The van der Waals surface area contributed by atoms with Crippen LogP contribution in [0.2, 0.25) is 0 Å². The molecule has 0 aliphatic heterocycles. The van der Waals surface area contributed by atoms with Gasteiger partial charge in [0.15, 0.2) is 0 Å². The molecule has 0 spiro atoms. The Morgan fingerprint density at radius 2 is 2.05 bits per heavy atom. The molecule has 2 aromatic rings. The first-order valence-corrected chi connectivity index (χ1v) is 5.78. The molecule has 0 radical (unpaired) electrons. The lowest BCUT2D eigenvalue weighted by atomic mass is 10.1. The fraction of sp³-hybridized carbons (Fsp3) is 0.143. The van der Waals surface area contributed by atoms with Crippen molar-refractivity contribution in [2.24, 2.45) is 0 Å². The van der Waals surface area contributed by atoms with Crippen molar-refractivity contribution in [1.82, 2.24) is 4.98 Å². The number of carboxylic acids is 1. The zero-order chi connectivity index (χ0) is 13.8. The van der Waals surface area contributed by atoms with Crippen molar-refractivity contribution < 1.29 is 14.3 Å². The maximum atomic E-state index is 13.6. The van der Waals surface area contributed by atoms with Crippen LogP contribution in [0, 0.1) is 5.82 Å². The smallest absolute Gasteiger partial charge is 0.354 e. The fourth-order valence-electron chi connectivity index (χ4n) is 1.76. The molecule has 1 aromatic carbocycles. The number of aromatic nitrogens is 1. The van der Waals surface area contributed by atoms with Gasteiger partial charge in [0.2, 0.25) is 0 Å². The number of nitrogens with one attached hydrogen (secondary N) is 1. The first-order chi connectivity index (χ1) is 9.08. The molecule has 0 amide bonds. The average molecular weight is 260 g/mol. The second-order valence-corrected chi connectivity index (χ2v) is 4.12. The summed E-state index contributed by atoms with van der Waals surface area (Å²) in [6.45, 7) is 1.82. The molecule has 0 aliphatic rings. The molecule has 98 valence electrons. The second-order valence-electron chi connectivity index (χ2n) is 4.12. The minimum Gasteiger partial charge on any atom is -0.477 e. The van der Waals surface area contributed by atoms with Gasteiger partial charge in [-0.3, -0.25) is 0 Å². The summed E-state index contributed by atoms with van der Waals surface area (Å²) in [5.41, 5.74) is 1.16. The van der Waals surface area contributed by atoms with E-state index in [1.807, 2.05) is 6.92 Å².